The van der Waals surface area contributed by atoms with Crippen LogP contribution in [0.5, 0.6) is 0 Å². The van der Waals surface area contributed by atoms with Gasteiger partial charge in [0.1, 0.15) is 0 Å². The fraction of sp³-hybridized carbons (Fsp3) is 0.429. The Morgan fingerprint density at radius 1 is 1.15 bits per heavy atom. The third-order valence-corrected chi connectivity index (χ3v) is 5.85. The van der Waals surface area contributed by atoms with E-state index in [-0.39, 0.29) is 24.5 Å². The van der Waals surface area contributed by atoms with Gasteiger partial charge in [0.15, 0.2) is 0 Å². The van der Waals surface area contributed by atoms with Crippen LogP contribution in [0, 0.1) is 0 Å². The van der Waals surface area contributed by atoms with Crippen molar-refractivity contribution in [3.63, 3.8) is 0 Å². The lowest BCUT2D eigenvalue weighted by atomic mass is 9.95. The number of urea groups is 1. The molecular weight excluding hydrogens is 358 g/mol. The van der Waals surface area contributed by atoms with E-state index in [0.717, 1.165) is 29.7 Å². The lowest BCUT2D eigenvalue weighted by molar-refractivity contribution is -0.119. The second kappa shape index (κ2) is 9.15. The van der Waals surface area contributed by atoms with Gasteiger partial charge in [0.05, 0.1) is 12.6 Å². The predicted octanol–water partition coefficient (Wildman–Crippen LogP) is 3.93. The minimum atomic E-state index is -0.408. The van der Waals surface area contributed by atoms with Crippen molar-refractivity contribution in [3.8, 4) is 0 Å². The summed E-state index contributed by atoms with van der Waals surface area (Å²) in [5.41, 5.74) is 2.43. The summed E-state index contributed by atoms with van der Waals surface area (Å²) in [4.78, 5) is 25.0. The topological polar surface area (TPSA) is 70.2 Å². The van der Waals surface area contributed by atoms with Crippen molar-refractivity contribution in [1.82, 2.24) is 16.0 Å². The highest BCUT2D eigenvalue weighted by Gasteiger charge is 2.24. The van der Waals surface area contributed by atoms with Crippen molar-refractivity contribution in [2.75, 3.05) is 6.54 Å². The number of amides is 3. The van der Waals surface area contributed by atoms with E-state index in [1.54, 1.807) is 11.3 Å². The molecule has 2 aromatic rings. The maximum Gasteiger partial charge on any atom is 0.321 e. The summed E-state index contributed by atoms with van der Waals surface area (Å²) >= 11 is 1.65. The number of thiophene rings is 1. The number of carbonyl (C=O) groups is 2. The maximum absolute atomic E-state index is 12.1. The molecular formula is C21H27N3O2S. The van der Waals surface area contributed by atoms with Crippen molar-refractivity contribution < 1.29 is 9.59 Å². The molecule has 1 fully saturated rings. The molecule has 0 radical (unpaired) electrons. The van der Waals surface area contributed by atoms with Gasteiger partial charge in [0, 0.05) is 10.9 Å². The van der Waals surface area contributed by atoms with Gasteiger partial charge in [-0.15, -0.1) is 11.3 Å². The van der Waals surface area contributed by atoms with Gasteiger partial charge < -0.3 is 5.32 Å². The second-order valence-electron chi connectivity index (χ2n) is 7.10. The highest BCUT2D eigenvalue weighted by atomic mass is 32.1. The Hall–Kier alpha value is -2.18. The SMILES string of the molecule is CC[C@@H](C)c1ccc([C@H](NCC(=O)NC(=O)NC2CC2)c2cccs2)cc1. The van der Waals surface area contributed by atoms with E-state index >= 15 is 0 Å². The highest BCUT2D eigenvalue weighted by molar-refractivity contribution is 7.10. The fourth-order valence-corrected chi connectivity index (χ4v) is 3.73. The number of nitrogens with one attached hydrogen (secondary N) is 3. The summed E-state index contributed by atoms with van der Waals surface area (Å²) < 4.78 is 0. The molecule has 3 N–H and O–H groups in total. The molecule has 0 bridgehead atoms. The smallest absolute Gasteiger partial charge is 0.321 e. The monoisotopic (exact) mass is 385 g/mol. The zero-order chi connectivity index (χ0) is 19.2. The Balaban J connectivity index is 1.63. The van der Waals surface area contributed by atoms with Gasteiger partial charge in [-0.05, 0) is 47.8 Å². The molecule has 1 saturated carbocycles. The standard InChI is InChI=1S/C21H27N3O2S/c1-3-14(2)15-6-8-16(9-7-15)20(18-5-4-12-27-18)22-13-19(25)24-21(26)23-17-10-11-17/h4-9,12,14,17,20,22H,3,10-11,13H2,1-2H3,(H2,23,24,25,26)/t14-,20+/m1/s1. The molecule has 27 heavy (non-hydrogen) atoms. The number of imide groups is 1. The number of benzene rings is 1. The molecule has 5 nitrogen and oxygen atoms in total. The van der Waals surface area contributed by atoms with Crippen LogP contribution in [0.25, 0.3) is 0 Å². The zero-order valence-corrected chi connectivity index (χ0v) is 16.6. The molecule has 3 amide bonds. The Morgan fingerprint density at radius 3 is 2.44 bits per heavy atom. The van der Waals surface area contributed by atoms with Gasteiger partial charge in [-0.1, -0.05) is 44.2 Å². The first-order chi connectivity index (χ1) is 13.1. The number of hydrogen-bond donors (Lipinski definition) is 3. The summed E-state index contributed by atoms with van der Waals surface area (Å²) in [5.74, 6) is 0.203. The van der Waals surface area contributed by atoms with Crippen LogP contribution in [0.2, 0.25) is 0 Å². The molecule has 1 aliphatic rings. The second-order valence-corrected chi connectivity index (χ2v) is 8.08. The van der Waals surface area contributed by atoms with Gasteiger partial charge >= 0.3 is 6.03 Å². The van der Waals surface area contributed by atoms with Gasteiger partial charge in [-0.25, -0.2) is 4.79 Å². The molecule has 0 unspecified atom stereocenters. The number of rotatable bonds is 8. The molecule has 1 heterocycles. The van der Waals surface area contributed by atoms with Crippen LogP contribution in [0.3, 0.4) is 0 Å². The molecule has 6 heteroatoms. The van der Waals surface area contributed by atoms with E-state index in [9.17, 15) is 9.59 Å². The van der Waals surface area contributed by atoms with E-state index in [4.69, 9.17) is 0 Å². The maximum atomic E-state index is 12.1. The molecule has 0 aliphatic heterocycles. The Kier molecular flexibility index (Phi) is 6.63. The lowest BCUT2D eigenvalue weighted by Gasteiger charge is -2.19. The first-order valence-electron chi connectivity index (χ1n) is 9.53. The third-order valence-electron chi connectivity index (χ3n) is 4.91. The van der Waals surface area contributed by atoms with Crippen LogP contribution in [0.15, 0.2) is 41.8 Å². The van der Waals surface area contributed by atoms with Crippen LogP contribution in [-0.4, -0.2) is 24.5 Å². The number of carbonyl (C=O) groups excluding carboxylic acids is 2. The van der Waals surface area contributed by atoms with Crippen LogP contribution in [0.4, 0.5) is 4.79 Å². The number of hydrogen-bond acceptors (Lipinski definition) is 4. The van der Waals surface area contributed by atoms with Crippen molar-refractivity contribution >= 4 is 23.3 Å². The Morgan fingerprint density at radius 2 is 1.85 bits per heavy atom. The van der Waals surface area contributed by atoms with Gasteiger partial charge in [0.25, 0.3) is 0 Å². The zero-order valence-electron chi connectivity index (χ0n) is 15.8. The van der Waals surface area contributed by atoms with Gasteiger partial charge in [0.2, 0.25) is 5.91 Å². The highest BCUT2D eigenvalue weighted by Crippen LogP contribution is 2.28. The third kappa shape index (κ3) is 5.65. The summed E-state index contributed by atoms with van der Waals surface area (Å²) in [7, 11) is 0. The van der Waals surface area contributed by atoms with Crippen molar-refractivity contribution in [2.24, 2.45) is 0 Å². The van der Waals surface area contributed by atoms with Gasteiger partial charge in [-0.3, -0.25) is 15.4 Å². The molecule has 1 aliphatic carbocycles. The van der Waals surface area contributed by atoms with Crippen LogP contribution in [-0.2, 0) is 4.79 Å². The lowest BCUT2D eigenvalue weighted by Crippen LogP contribution is -2.44. The van der Waals surface area contributed by atoms with Crippen molar-refractivity contribution in [2.45, 2.75) is 51.1 Å². The summed E-state index contributed by atoms with van der Waals surface area (Å²) in [6.07, 6.45) is 3.09. The first-order valence-corrected chi connectivity index (χ1v) is 10.4. The summed E-state index contributed by atoms with van der Waals surface area (Å²) in [6, 6.07) is 12.4. The fourth-order valence-electron chi connectivity index (χ4n) is 2.91. The molecule has 1 aromatic heterocycles. The average molecular weight is 386 g/mol. The molecule has 0 saturated heterocycles. The van der Waals surface area contributed by atoms with Gasteiger partial charge in [-0.2, -0.15) is 0 Å². The van der Waals surface area contributed by atoms with E-state index in [0.29, 0.717) is 5.92 Å². The average Bonchev–Trinajstić information content (AvgIpc) is 3.31. The van der Waals surface area contributed by atoms with Crippen molar-refractivity contribution in [3.05, 3.63) is 57.8 Å². The first kappa shape index (κ1) is 19.6. The van der Waals surface area contributed by atoms with E-state index in [1.807, 2.05) is 11.4 Å². The largest absolute Gasteiger partial charge is 0.335 e. The Labute approximate surface area is 164 Å². The Bertz CT molecular complexity index is 754. The predicted molar refractivity (Wildman–Crippen MR) is 109 cm³/mol. The molecule has 3 rings (SSSR count). The summed E-state index contributed by atoms with van der Waals surface area (Å²) in [6.45, 7) is 4.49. The van der Waals surface area contributed by atoms with E-state index in [2.05, 4.69) is 60.1 Å². The van der Waals surface area contributed by atoms with Crippen LogP contribution >= 0.6 is 11.3 Å². The summed E-state index contributed by atoms with van der Waals surface area (Å²) in [5, 5.41) is 10.5. The molecule has 2 atom stereocenters. The van der Waals surface area contributed by atoms with Crippen molar-refractivity contribution in [1.29, 1.82) is 0 Å². The van der Waals surface area contributed by atoms with Crippen LogP contribution in [0.1, 0.15) is 61.1 Å². The van der Waals surface area contributed by atoms with E-state index < -0.39 is 6.03 Å². The molecule has 0 spiro atoms. The van der Waals surface area contributed by atoms with E-state index in [1.165, 1.54) is 5.56 Å². The molecule has 1 aromatic carbocycles. The quantitative estimate of drug-likeness (QED) is 0.645. The normalized spacial score (nSPS) is 15.8. The van der Waals surface area contributed by atoms with Crippen LogP contribution < -0.4 is 16.0 Å². The minimum Gasteiger partial charge on any atom is -0.335 e. The molecule has 144 valence electrons. The minimum absolute atomic E-state index is 0.0757.